The summed E-state index contributed by atoms with van der Waals surface area (Å²) in [7, 11) is 0. The summed E-state index contributed by atoms with van der Waals surface area (Å²) in [6.07, 6.45) is 2.43. The standard InChI is InChI=1S/C10H9BrClN3O/c1-2-7(11)9-14-15-10(16-9)8-4-3-6(12)5-13-8/h3-5,7H,2H2,1H3. The van der Waals surface area contributed by atoms with Gasteiger partial charge in [0.1, 0.15) is 5.69 Å². The first kappa shape index (κ1) is 11.5. The third-order valence-corrected chi connectivity index (χ3v) is 3.28. The van der Waals surface area contributed by atoms with E-state index in [0.717, 1.165) is 6.42 Å². The van der Waals surface area contributed by atoms with Gasteiger partial charge in [0.05, 0.1) is 9.85 Å². The van der Waals surface area contributed by atoms with Gasteiger partial charge >= 0.3 is 0 Å². The maximum absolute atomic E-state index is 5.74. The van der Waals surface area contributed by atoms with Crippen molar-refractivity contribution in [1.29, 1.82) is 0 Å². The highest BCUT2D eigenvalue weighted by molar-refractivity contribution is 9.09. The van der Waals surface area contributed by atoms with E-state index >= 15 is 0 Å². The van der Waals surface area contributed by atoms with Gasteiger partial charge in [-0.25, -0.2) is 4.98 Å². The fourth-order valence-corrected chi connectivity index (χ4v) is 1.44. The second-order valence-corrected chi connectivity index (χ2v) is 4.72. The summed E-state index contributed by atoms with van der Waals surface area (Å²) >= 11 is 9.19. The number of hydrogen-bond donors (Lipinski definition) is 0. The van der Waals surface area contributed by atoms with Gasteiger partial charge in [-0.1, -0.05) is 34.5 Å². The highest BCUT2D eigenvalue weighted by Crippen LogP contribution is 2.27. The number of nitrogens with zero attached hydrogens (tertiary/aromatic N) is 3. The van der Waals surface area contributed by atoms with Gasteiger partial charge in [0.15, 0.2) is 0 Å². The van der Waals surface area contributed by atoms with Crippen LogP contribution in [0.25, 0.3) is 11.6 Å². The highest BCUT2D eigenvalue weighted by Gasteiger charge is 2.15. The van der Waals surface area contributed by atoms with E-state index in [2.05, 4.69) is 31.1 Å². The Labute approximate surface area is 106 Å². The third kappa shape index (κ3) is 2.41. The normalized spacial score (nSPS) is 12.7. The monoisotopic (exact) mass is 301 g/mol. The molecule has 2 heterocycles. The van der Waals surface area contributed by atoms with Crippen molar-refractivity contribution in [3.8, 4) is 11.6 Å². The highest BCUT2D eigenvalue weighted by atomic mass is 79.9. The molecule has 0 aliphatic carbocycles. The summed E-state index contributed by atoms with van der Waals surface area (Å²) < 4.78 is 5.49. The number of alkyl halides is 1. The van der Waals surface area contributed by atoms with E-state index in [1.807, 2.05) is 6.92 Å². The van der Waals surface area contributed by atoms with Crippen molar-refractivity contribution < 1.29 is 4.42 Å². The molecule has 16 heavy (non-hydrogen) atoms. The summed E-state index contributed by atoms with van der Waals surface area (Å²) in [5.74, 6) is 0.971. The molecule has 0 bridgehead atoms. The van der Waals surface area contributed by atoms with Crippen molar-refractivity contribution in [2.24, 2.45) is 0 Å². The van der Waals surface area contributed by atoms with Crippen LogP contribution in [0.5, 0.6) is 0 Å². The van der Waals surface area contributed by atoms with Gasteiger partial charge in [0.2, 0.25) is 5.89 Å². The molecule has 84 valence electrons. The average Bonchev–Trinajstić information content (AvgIpc) is 2.78. The lowest BCUT2D eigenvalue weighted by molar-refractivity contribution is 0.499. The topological polar surface area (TPSA) is 51.8 Å². The molecule has 4 nitrogen and oxygen atoms in total. The Morgan fingerprint density at radius 1 is 1.44 bits per heavy atom. The van der Waals surface area contributed by atoms with Crippen molar-refractivity contribution >= 4 is 27.5 Å². The van der Waals surface area contributed by atoms with Gasteiger partial charge in [0.25, 0.3) is 5.89 Å². The molecule has 0 aliphatic rings. The molecule has 0 radical (unpaired) electrons. The number of pyridine rings is 1. The summed E-state index contributed by atoms with van der Waals surface area (Å²) in [5.41, 5.74) is 0.624. The zero-order chi connectivity index (χ0) is 11.5. The molecule has 0 amide bonds. The minimum Gasteiger partial charge on any atom is -0.418 e. The predicted octanol–water partition coefficient (Wildman–Crippen LogP) is 3.63. The van der Waals surface area contributed by atoms with Crippen LogP contribution < -0.4 is 0 Å². The van der Waals surface area contributed by atoms with Gasteiger partial charge in [-0.2, -0.15) is 0 Å². The lowest BCUT2D eigenvalue weighted by Gasteiger charge is -1.98. The van der Waals surface area contributed by atoms with Gasteiger partial charge in [-0.15, -0.1) is 10.2 Å². The average molecular weight is 303 g/mol. The quantitative estimate of drug-likeness (QED) is 0.812. The maximum Gasteiger partial charge on any atom is 0.266 e. The fraction of sp³-hybridized carbons (Fsp3) is 0.300. The Morgan fingerprint density at radius 2 is 2.25 bits per heavy atom. The van der Waals surface area contributed by atoms with E-state index in [0.29, 0.717) is 22.5 Å². The van der Waals surface area contributed by atoms with E-state index in [-0.39, 0.29) is 4.83 Å². The SMILES string of the molecule is CCC(Br)c1nnc(-c2ccc(Cl)cn2)o1. The molecule has 0 fully saturated rings. The van der Waals surface area contributed by atoms with Crippen molar-refractivity contribution in [2.75, 3.05) is 0 Å². The van der Waals surface area contributed by atoms with Crippen LogP contribution in [0.2, 0.25) is 5.02 Å². The summed E-state index contributed by atoms with van der Waals surface area (Å²) in [6, 6.07) is 3.48. The van der Waals surface area contributed by atoms with Crippen molar-refractivity contribution in [2.45, 2.75) is 18.2 Å². The Bertz CT molecular complexity index is 471. The molecular formula is C10H9BrClN3O. The molecule has 0 spiro atoms. The number of hydrogen-bond acceptors (Lipinski definition) is 4. The first-order valence-corrected chi connectivity index (χ1v) is 6.09. The Balaban J connectivity index is 2.28. The minimum absolute atomic E-state index is 0.0843. The Hall–Kier alpha value is -0.940. The lowest BCUT2D eigenvalue weighted by atomic mass is 10.3. The molecule has 6 heteroatoms. The smallest absolute Gasteiger partial charge is 0.266 e. The van der Waals surface area contributed by atoms with Crippen molar-refractivity contribution in [3.63, 3.8) is 0 Å². The van der Waals surface area contributed by atoms with E-state index in [1.165, 1.54) is 0 Å². The molecule has 2 aromatic heterocycles. The molecule has 0 saturated carbocycles. The van der Waals surface area contributed by atoms with E-state index in [9.17, 15) is 0 Å². The zero-order valence-electron chi connectivity index (χ0n) is 8.52. The summed E-state index contributed by atoms with van der Waals surface area (Å²) in [6.45, 7) is 2.03. The molecule has 2 rings (SSSR count). The van der Waals surface area contributed by atoms with Crippen molar-refractivity contribution in [1.82, 2.24) is 15.2 Å². The van der Waals surface area contributed by atoms with Crippen LogP contribution in [0.15, 0.2) is 22.7 Å². The molecule has 2 aromatic rings. The van der Waals surface area contributed by atoms with Crippen molar-refractivity contribution in [3.05, 3.63) is 29.2 Å². The first-order chi connectivity index (χ1) is 7.70. The second kappa shape index (κ2) is 4.93. The van der Waals surface area contributed by atoms with Crippen LogP contribution in [0, 0.1) is 0 Å². The predicted molar refractivity (Wildman–Crippen MR) is 64.5 cm³/mol. The molecule has 0 saturated heterocycles. The van der Waals surface area contributed by atoms with Crippen LogP contribution in [-0.2, 0) is 0 Å². The molecule has 1 unspecified atom stereocenters. The molecular weight excluding hydrogens is 293 g/mol. The van der Waals surface area contributed by atoms with E-state index in [4.69, 9.17) is 16.0 Å². The fourth-order valence-electron chi connectivity index (χ4n) is 1.14. The van der Waals surface area contributed by atoms with Crippen LogP contribution >= 0.6 is 27.5 Å². The lowest BCUT2D eigenvalue weighted by Crippen LogP contribution is -1.86. The molecule has 0 N–H and O–H groups in total. The maximum atomic E-state index is 5.74. The molecule has 0 aromatic carbocycles. The Morgan fingerprint density at radius 3 is 2.88 bits per heavy atom. The second-order valence-electron chi connectivity index (χ2n) is 3.18. The zero-order valence-corrected chi connectivity index (χ0v) is 10.9. The Kier molecular flexibility index (Phi) is 3.56. The molecule has 1 atom stereocenters. The summed E-state index contributed by atoms with van der Waals surface area (Å²) in [4.78, 5) is 4.19. The van der Waals surface area contributed by atoms with Crippen LogP contribution in [0.3, 0.4) is 0 Å². The first-order valence-electron chi connectivity index (χ1n) is 4.80. The minimum atomic E-state index is 0.0843. The number of halogens is 2. The van der Waals surface area contributed by atoms with Gasteiger partial charge in [-0.3, -0.25) is 0 Å². The van der Waals surface area contributed by atoms with Crippen LogP contribution in [-0.4, -0.2) is 15.2 Å². The van der Waals surface area contributed by atoms with Crippen LogP contribution in [0.1, 0.15) is 24.1 Å². The number of rotatable bonds is 3. The van der Waals surface area contributed by atoms with Gasteiger partial charge in [-0.05, 0) is 18.6 Å². The number of aromatic nitrogens is 3. The summed E-state index contributed by atoms with van der Waals surface area (Å²) in [5, 5.41) is 8.46. The van der Waals surface area contributed by atoms with Gasteiger partial charge in [0, 0.05) is 6.20 Å². The third-order valence-electron chi connectivity index (χ3n) is 2.01. The van der Waals surface area contributed by atoms with E-state index < -0.39 is 0 Å². The van der Waals surface area contributed by atoms with E-state index in [1.54, 1.807) is 18.3 Å². The molecule has 0 aliphatic heterocycles. The largest absolute Gasteiger partial charge is 0.418 e. The van der Waals surface area contributed by atoms with Crippen LogP contribution in [0.4, 0.5) is 0 Å². The van der Waals surface area contributed by atoms with Gasteiger partial charge < -0.3 is 4.42 Å².